The molecule has 0 bridgehead atoms. The first-order valence-corrected chi connectivity index (χ1v) is 3.69. The molecule has 0 fully saturated rings. The van der Waals surface area contributed by atoms with Crippen molar-refractivity contribution in [3.05, 3.63) is 23.8 Å². The van der Waals surface area contributed by atoms with E-state index >= 15 is 0 Å². The predicted molar refractivity (Wildman–Crippen MR) is 43.3 cm³/mol. The average Bonchev–Trinajstić information content (AvgIpc) is 2.50. The second-order valence-corrected chi connectivity index (χ2v) is 2.50. The average molecular weight is 147 g/mol. The molecular formula is C8H9N3. The van der Waals surface area contributed by atoms with Gasteiger partial charge in [-0.3, -0.25) is 0 Å². The Hall–Kier alpha value is -1.38. The minimum absolute atomic E-state index is 0.933. The number of aromatic nitrogens is 3. The molecule has 2 rings (SSSR count). The fraction of sp³-hybridized carbons (Fsp3) is 0.250. The molecule has 0 unspecified atom stereocenters. The molecule has 0 spiro atoms. The summed E-state index contributed by atoms with van der Waals surface area (Å²) >= 11 is 0. The van der Waals surface area contributed by atoms with E-state index < -0.39 is 0 Å². The van der Waals surface area contributed by atoms with E-state index in [4.69, 9.17) is 0 Å². The molecule has 1 aromatic heterocycles. The fourth-order valence-electron chi connectivity index (χ4n) is 1.11. The van der Waals surface area contributed by atoms with Crippen LogP contribution in [0.1, 0.15) is 12.5 Å². The van der Waals surface area contributed by atoms with Crippen molar-refractivity contribution in [2.45, 2.75) is 13.3 Å². The summed E-state index contributed by atoms with van der Waals surface area (Å²) in [5.74, 6) is 0. The van der Waals surface area contributed by atoms with E-state index in [0.717, 1.165) is 17.5 Å². The Morgan fingerprint density at radius 1 is 1.27 bits per heavy atom. The summed E-state index contributed by atoms with van der Waals surface area (Å²) < 4.78 is 0. The van der Waals surface area contributed by atoms with Gasteiger partial charge in [0.1, 0.15) is 11.0 Å². The second-order valence-electron chi connectivity index (χ2n) is 2.50. The predicted octanol–water partition coefficient (Wildman–Crippen LogP) is 1.52. The van der Waals surface area contributed by atoms with Gasteiger partial charge in [0, 0.05) is 0 Å². The molecule has 1 heterocycles. The topological polar surface area (TPSA) is 41.6 Å². The first-order valence-electron chi connectivity index (χ1n) is 3.69. The first kappa shape index (κ1) is 6.34. The van der Waals surface area contributed by atoms with E-state index in [1.807, 2.05) is 6.07 Å². The van der Waals surface area contributed by atoms with E-state index in [9.17, 15) is 0 Å². The van der Waals surface area contributed by atoms with Crippen LogP contribution in [0.2, 0.25) is 0 Å². The summed E-state index contributed by atoms with van der Waals surface area (Å²) in [6.07, 6.45) is 1.04. The molecule has 56 valence electrons. The van der Waals surface area contributed by atoms with Gasteiger partial charge in [-0.25, -0.2) is 0 Å². The number of fused-ring (bicyclic) bond motifs is 1. The number of nitrogens with zero attached hydrogens (tertiary/aromatic N) is 2. The van der Waals surface area contributed by atoms with E-state index in [2.05, 4.69) is 34.5 Å². The zero-order valence-corrected chi connectivity index (χ0v) is 6.33. The van der Waals surface area contributed by atoms with Crippen LogP contribution in [0.4, 0.5) is 0 Å². The number of aryl methyl sites for hydroxylation is 1. The van der Waals surface area contributed by atoms with Crippen LogP contribution in [0.3, 0.4) is 0 Å². The van der Waals surface area contributed by atoms with Crippen molar-refractivity contribution in [2.24, 2.45) is 0 Å². The molecule has 0 aliphatic carbocycles. The number of nitrogens with one attached hydrogen (secondary N) is 1. The van der Waals surface area contributed by atoms with Gasteiger partial charge in [-0.05, 0) is 24.1 Å². The van der Waals surface area contributed by atoms with Gasteiger partial charge in [0.15, 0.2) is 0 Å². The molecule has 0 radical (unpaired) electrons. The van der Waals surface area contributed by atoms with Gasteiger partial charge in [-0.15, -0.1) is 0 Å². The van der Waals surface area contributed by atoms with Crippen molar-refractivity contribution in [3.63, 3.8) is 0 Å². The Balaban J connectivity index is 2.67. The zero-order chi connectivity index (χ0) is 7.68. The first-order chi connectivity index (χ1) is 5.40. The maximum atomic E-state index is 3.99. The van der Waals surface area contributed by atoms with Crippen molar-refractivity contribution in [3.8, 4) is 0 Å². The Morgan fingerprint density at radius 3 is 2.91 bits per heavy atom. The highest BCUT2D eigenvalue weighted by Crippen LogP contribution is 2.10. The van der Waals surface area contributed by atoms with Crippen molar-refractivity contribution in [2.75, 3.05) is 0 Å². The smallest absolute Gasteiger partial charge is 0.113 e. The zero-order valence-electron chi connectivity index (χ0n) is 6.33. The van der Waals surface area contributed by atoms with E-state index in [1.165, 1.54) is 5.56 Å². The monoisotopic (exact) mass is 147 g/mol. The molecule has 11 heavy (non-hydrogen) atoms. The highest BCUT2D eigenvalue weighted by molar-refractivity contribution is 5.73. The maximum Gasteiger partial charge on any atom is 0.113 e. The minimum Gasteiger partial charge on any atom is -0.197 e. The Bertz CT molecular complexity index is 364. The van der Waals surface area contributed by atoms with Crippen LogP contribution in [0.25, 0.3) is 11.0 Å². The van der Waals surface area contributed by atoms with Crippen molar-refractivity contribution in [1.82, 2.24) is 15.4 Å². The lowest BCUT2D eigenvalue weighted by Crippen LogP contribution is -1.78. The lowest BCUT2D eigenvalue weighted by atomic mass is 10.1. The summed E-state index contributed by atoms with van der Waals surface area (Å²) in [4.78, 5) is 0. The van der Waals surface area contributed by atoms with Crippen LogP contribution >= 0.6 is 0 Å². The van der Waals surface area contributed by atoms with E-state index in [0.29, 0.717) is 0 Å². The van der Waals surface area contributed by atoms with Crippen LogP contribution in [0.15, 0.2) is 18.2 Å². The van der Waals surface area contributed by atoms with Crippen LogP contribution in [0, 0.1) is 0 Å². The lowest BCUT2D eigenvalue weighted by Gasteiger charge is -1.92. The Morgan fingerprint density at radius 2 is 2.09 bits per heavy atom. The SMILES string of the molecule is CCc1ccc2n[nH]nc2c1. The van der Waals surface area contributed by atoms with Gasteiger partial charge in [0.25, 0.3) is 0 Å². The second kappa shape index (κ2) is 2.34. The Labute approximate surface area is 64.4 Å². The molecule has 0 saturated carbocycles. The summed E-state index contributed by atoms with van der Waals surface area (Å²) in [6, 6.07) is 6.11. The third-order valence-corrected chi connectivity index (χ3v) is 1.79. The van der Waals surface area contributed by atoms with Crippen LogP contribution < -0.4 is 0 Å². The summed E-state index contributed by atoms with van der Waals surface area (Å²) in [5, 5.41) is 10.5. The van der Waals surface area contributed by atoms with Gasteiger partial charge < -0.3 is 0 Å². The molecule has 2 aromatic rings. The van der Waals surface area contributed by atoms with Crippen molar-refractivity contribution < 1.29 is 0 Å². The van der Waals surface area contributed by atoms with Crippen LogP contribution in [-0.2, 0) is 6.42 Å². The molecule has 0 saturated heterocycles. The molecule has 0 aliphatic rings. The third kappa shape index (κ3) is 0.981. The lowest BCUT2D eigenvalue weighted by molar-refractivity contribution is 0.959. The van der Waals surface area contributed by atoms with Gasteiger partial charge in [0.05, 0.1) is 0 Å². The highest BCUT2D eigenvalue weighted by Gasteiger charge is 1.96. The quantitative estimate of drug-likeness (QED) is 0.664. The van der Waals surface area contributed by atoms with E-state index in [-0.39, 0.29) is 0 Å². The third-order valence-electron chi connectivity index (χ3n) is 1.79. The van der Waals surface area contributed by atoms with E-state index in [1.54, 1.807) is 0 Å². The highest BCUT2D eigenvalue weighted by atomic mass is 15.3. The Kier molecular flexibility index (Phi) is 1.35. The van der Waals surface area contributed by atoms with Crippen LogP contribution in [-0.4, -0.2) is 15.4 Å². The van der Waals surface area contributed by atoms with Crippen molar-refractivity contribution >= 4 is 11.0 Å². The molecule has 3 nitrogen and oxygen atoms in total. The summed E-state index contributed by atoms with van der Waals surface area (Å²) in [6.45, 7) is 2.13. The maximum absolute atomic E-state index is 3.99. The van der Waals surface area contributed by atoms with Crippen LogP contribution in [0.5, 0.6) is 0 Å². The number of rotatable bonds is 1. The molecule has 0 aliphatic heterocycles. The van der Waals surface area contributed by atoms with Gasteiger partial charge >= 0.3 is 0 Å². The standard InChI is InChI=1S/C8H9N3/c1-2-6-3-4-7-8(5-6)10-11-9-7/h3-5H,2H2,1H3,(H,9,10,11). The number of H-pyrrole nitrogens is 1. The summed E-state index contributed by atoms with van der Waals surface area (Å²) in [7, 11) is 0. The van der Waals surface area contributed by atoms with Gasteiger partial charge in [-0.1, -0.05) is 13.0 Å². The largest absolute Gasteiger partial charge is 0.197 e. The number of hydrogen-bond acceptors (Lipinski definition) is 2. The van der Waals surface area contributed by atoms with Crippen molar-refractivity contribution in [1.29, 1.82) is 0 Å². The minimum atomic E-state index is 0.933. The molecule has 1 aromatic carbocycles. The van der Waals surface area contributed by atoms with Gasteiger partial charge in [0.2, 0.25) is 0 Å². The molecule has 1 N–H and O–H groups in total. The number of aromatic amines is 1. The number of hydrogen-bond donors (Lipinski definition) is 1. The molecule has 0 atom stereocenters. The number of benzene rings is 1. The normalized spacial score (nSPS) is 10.6. The molecule has 0 amide bonds. The fourth-order valence-corrected chi connectivity index (χ4v) is 1.11. The molecule has 3 heteroatoms. The summed E-state index contributed by atoms with van der Waals surface area (Å²) in [5.41, 5.74) is 3.18. The molecular weight excluding hydrogens is 138 g/mol. The van der Waals surface area contributed by atoms with Gasteiger partial charge in [-0.2, -0.15) is 15.4 Å².